The molecule has 3 unspecified atom stereocenters. The number of hydrogen-bond donors (Lipinski definition) is 2. The zero-order valence-electron chi connectivity index (χ0n) is 13.6. The van der Waals surface area contributed by atoms with Gasteiger partial charge in [-0.05, 0) is 46.2 Å². The first-order chi connectivity index (χ1) is 9.85. The topological polar surface area (TPSA) is 58.6 Å². The molecule has 0 aliphatic heterocycles. The lowest BCUT2D eigenvalue weighted by Gasteiger charge is -2.20. The smallest absolute Gasteiger partial charge is 0.260 e. The second-order valence-corrected chi connectivity index (χ2v) is 5.68. The minimum atomic E-state index is -0.630. The molecule has 1 aromatic rings. The summed E-state index contributed by atoms with van der Waals surface area (Å²) in [4.78, 5) is 12.1. The molecule has 0 saturated heterocycles. The SMILES string of the molecule is CCCC(C)NC(=O)C(C)Oc1ccc(C)cc1C(C)O. The minimum Gasteiger partial charge on any atom is -0.481 e. The molecule has 4 nitrogen and oxygen atoms in total. The normalized spacial score (nSPS) is 15.1. The molecule has 21 heavy (non-hydrogen) atoms. The van der Waals surface area contributed by atoms with Crippen LogP contribution < -0.4 is 10.1 Å². The van der Waals surface area contributed by atoms with Crippen LogP contribution in [0.5, 0.6) is 5.75 Å². The molecule has 1 amide bonds. The van der Waals surface area contributed by atoms with Crippen molar-refractivity contribution in [1.29, 1.82) is 0 Å². The lowest BCUT2D eigenvalue weighted by atomic mass is 10.1. The number of hydrogen-bond acceptors (Lipinski definition) is 3. The van der Waals surface area contributed by atoms with Gasteiger partial charge in [0.25, 0.3) is 5.91 Å². The molecule has 2 N–H and O–H groups in total. The Morgan fingerprint density at radius 1 is 1.33 bits per heavy atom. The number of aliphatic hydroxyl groups excluding tert-OH is 1. The Morgan fingerprint density at radius 3 is 2.57 bits per heavy atom. The van der Waals surface area contributed by atoms with Crippen molar-refractivity contribution < 1.29 is 14.6 Å². The molecule has 0 radical (unpaired) electrons. The van der Waals surface area contributed by atoms with Crippen molar-refractivity contribution in [3.05, 3.63) is 29.3 Å². The summed E-state index contributed by atoms with van der Waals surface area (Å²) in [5.41, 5.74) is 1.75. The number of amides is 1. The predicted octanol–water partition coefficient (Wildman–Crippen LogP) is 3.12. The molecule has 0 aliphatic carbocycles. The molecule has 0 heterocycles. The third-order valence-electron chi connectivity index (χ3n) is 3.40. The molecule has 1 aromatic carbocycles. The van der Waals surface area contributed by atoms with Crippen molar-refractivity contribution in [2.75, 3.05) is 0 Å². The Kier molecular flexibility index (Phi) is 6.69. The maximum atomic E-state index is 12.1. The highest BCUT2D eigenvalue weighted by molar-refractivity contribution is 5.81. The first-order valence-electron chi connectivity index (χ1n) is 7.60. The van der Waals surface area contributed by atoms with Crippen LogP contribution in [0.4, 0.5) is 0 Å². The van der Waals surface area contributed by atoms with Gasteiger partial charge in [-0.3, -0.25) is 4.79 Å². The van der Waals surface area contributed by atoms with Crippen molar-refractivity contribution in [3.63, 3.8) is 0 Å². The van der Waals surface area contributed by atoms with Gasteiger partial charge in [0, 0.05) is 11.6 Å². The van der Waals surface area contributed by atoms with Gasteiger partial charge in [0.15, 0.2) is 6.10 Å². The van der Waals surface area contributed by atoms with E-state index in [9.17, 15) is 9.90 Å². The summed E-state index contributed by atoms with van der Waals surface area (Å²) >= 11 is 0. The third-order valence-corrected chi connectivity index (χ3v) is 3.40. The molecule has 4 heteroatoms. The van der Waals surface area contributed by atoms with E-state index >= 15 is 0 Å². The van der Waals surface area contributed by atoms with Crippen LogP contribution in [0, 0.1) is 6.92 Å². The highest BCUT2D eigenvalue weighted by Crippen LogP contribution is 2.27. The number of rotatable bonds is 7. The Morgan fingerprint density at radius 2 is 2.00 bits per heavy atom. The molecule has 0 aromatic heterocycles. The number of nitrogens with one attached hydrogen (secondary N) is 1. The van der Waals surface area contributed by atoms with E-state index < -0.39 is 12.2 Å². The van der Waals surface area contributed by atoms with Crippen molar-refractivity contribution in [2.24, 2.45) is 0 Å². The van der Waals surface area contributed by atoms with Crippen LogP contribution in [0.25, 0.3) is 0 Å². The summed E-state index contributed by atoms with van der Waals surface area (Å²) in [5.74, 6) is 0.425. The largest absolute Gasteiger partial charge is 0.481 e. The summed E-state index contributed by atoms with van der Waals surface area (Å²) < 4.78 is 5.73. The Bertz CT molecular complexity index is 471. The second kappa shape index (κ2) is 8.03. The van der Waals surface area contributed by atoms with E-state index in [1.807, 2.05) is 26.0 Å². The monoisotopic (exact) mass is 293 g/mol. The van der Waals surface area contributed by atoms with E-state index in [0.29, 0.717) is 11.3 Å². The van der Waals surface area contributed by atoms with Gasteiger partial charge in [0.1, 0.15) is 5.75 Å². The van der Waals surface area contributed by atoms with Crippen LogP contribution in [0.3, 0.4) is 0 Å². The van der Waals surface area contributed by atoms with Crippen molar-refractivity contribution in [1.82, 2.24) is 5.32 Å². The van der Waals surface area contributed by atoms with Gasteiger partial charge in [0.05, 0.1) is 6.10 Å². The fourth-order valence-electron chi connectivity index (χ4n) is 2.21. The Hall–Kier alpha value is -1.55. The van der Waals surface area contributed by atoms with Crippen LogP contribution in [0.15, 0.2) is 18.2 Å². The fraction of sp³-hybridized carbons (Fsp3) is 0.588. The van der Waals surface area contributed by atoms with Crippen molar-refractivity contribution in [2.45, 2.75) is 65.7 Å². The van der Waals surface area contributed by atoms with Crippen LogP contribution in [0.2, 0.25) is 0 Å². The van der Waals surface area contributed by atoms with Gasteiger partial charge in [-0.1, -0.05) is 25.0 Å². The molecule has 118 valence electrons. The Balaban J connectivity index is 2.74. The van der Waals surface area contributed by atoms with Gasteiger partial charge >= 0.3 is 0 Å². The maximum absolute atomic E-state index is 12.1. The van der Waals surface area contributed by atoms with Crippen LogP contribution in [-0.4, -0.2) is 23.2 Å². The molecule has 0 aliphatic rings. The summed E-state index contributed by atoms with van der Waals surface area (Å²) in [5, 5.41) is 12.7. The van der Waals surface area contributed by atoms with E-state index in [-0.39, 0.29) is 11.9 Å². The van der Waals surface area contributed by atoms with Crippen LogP contribution >= 0.6 is 0 Å². The highest BCUT2D eigenvalue weighted by Gasteiger charge is 2.19. The van der Waals surface area contributed by atoms with Gasteiger partial charge in [-0.25, -0.2) is 0 Å². The van der Waals surface area contributed by atoms with Crippen molar-refractivity contribution in [3.8, 4) is 5.75 Å². The summed E-state index contributed by atoms with van der Waals surface area (Å²) in [6.07, 6.45) is 0.752. The second-order valence-electron chi connectivity index (χ2n) is 5.68. The van der Waals surface area contributed by atoms with Gasteiger partial charge < -0.3 is 15.2 Å². The van der Waals surface area contributed by atoms with Crippen LogP contribution in [0.1, 0.15) is 57.8 Å². The maximum Gasteiger partial charge on any atom is 0.260 e. The van der Waals surface area contributed by atoms with E-state index in [0.717, 1.165) is 18.4 Å². The highest BCUT2D eigenvalue weighted by atomic mass is 16.5. The van der Waals surface area contributed by atoms with Crippen LogP contribution in [-0.2, 0) is 4.79 Å². The number of ether oxygens (including phenoxy) is 1. The molecule has 0 spiro atoms. The lowest BCUT2D eigenvalue weighted by Crippen LogP contribution is -2.41. The molecule has 1 rings (SSSR count). The van der Waals surface area contributed by atoms with E-state index in [4.69, 9.17) is 4.74 Å². The first kappa shape index (κ1) is 17.5. The summed E-state index contributed by atoms with van der Waals surface area (Å²) in [6.45, 7) is 9.44. The third kappa shape index (κ3) is 5.38. The molecule has 3 atom stereocenters. The molecule has 0 bridgehead atoms. The predicted molar refractivity (Wildman–Crippen MR) is 84.4 cm³/mol. The van der Waals surface area contributed by atoms with Crippen molar-refractivity contribution >= 4 is 5.91 Å². The van der Waals surface area contributed by atoms with E-state index in [2.05, 4.69) is 12.2 Å². The standard InChI is InChI=1S/C17H27NO3/c1-6-7-12(3)18-17(20)14(5)21-16-9-8-11(2)10-15(16)13(4)19/h8-10,12-14,19H,6-7H2,1-5H3,(H,18,20). The Labute approximate surface area is 127 Å². The van der Waals surface area contributed by atoms with E-state index in [1.165, 1.54) is 0 Å². The van der Waals surface area contributed by atoms with Gasteiger partial charge in [0.2, 0.25) is 0 Å². The quantitative estimate of drug-likeness (QED) is 0.812. The molecular weight excluding hydrogens is 266 g/mol. The average molecular weight is 293 g/mol. The zero-order valence-corrected chi connectivity index (χ0v) is 13.6. The molecule has 0 saturated carbocycles. The lowest BCUT2D eigenvalue weighted by molar-refractivity contribution is -0.128. The number of carbonyl (C=O) groups excluding carboxylic acids is 1. The van der Waals surface area contributed by atoms with Gasteiger partial charge in [-0.15, -0.1) is 0 Å². The molecular formula is C17H27NO3. The van der Waals surface area contributed by atoms with E-state index in [1.54, 1.807) is 19.9 Å². The van der Waals surface area contributed by atoms with Gasteiger partial charge in [-0.2, -0.15) is 0 Å². The number of benzene rings is 1. The number of aryl methyl sites for hydroxylation is 1. The number of aliphatic hydroxyl groups is 1. The number of carbonyl (C=O) groups is 1. The average Bonchev–Trinajstić information content (AvgIpc) is 2.40. The summed E-state index contributed by atoms with van der Waals surface area (Å²) in [6, 6.07) is 5.73. The molecule has 0 fully saturated rings. The summed E-state index contributed by atoms with van der Waals surface area (Å²) in [7, 11) is 0. The fourth-order valence-corrected chi connectivity index (χ4v) is 2.21. The zero-order chi connectivity index (χ0) is 16.0. The minimum absolute atomic E-state index is 0.131. The first-order valence-corrected chi connectivity index (χ1v) is 7.60.